The number of carbonyl (C=O) groups is 1. The number of hydrogen-bond donors (Lipinski definition) is 0. The Bertz CT molecular complexity index is 675. The molecule has 0 fully saturated rings. The minimum atomic E-state index is -0.730. The van der Waals surface area contributed by atoms with Crippen LogP contribution >= 0.6 is 0 Å². The highest BCUT2D eigenvalue weighted by molar-refractivity contribution is 5.88. The molecular formula is C15H11FN2O2. The van der Waals surface area contributed by atoms with Crippen LogP contribution in [-0.4, -0.2) is 11.0 Å². The van der Waals surface area contributed by atoms with Crippen molar-refractivity contribution in [3.63, 3.8) is 0 Å². The van der Waals surface area contributed by atoms with Crippen LogP contribution in [0.5, 0.6) is 5.75 Å². The Morgan fingerprint density at radius 2 is 2.20 bits per heavy atom. The first-order valence-corrected chi connectivity index (χ1v) is 6.00. The summed E-state index contributed by atoms with van der Waals surface area (Å²) in [5.41, 5.74) is 1.05. The van der Waals surface area contributed by atoms with Crippen LogP contribution < -0.4 is 4.74 Å². The summed E-state index contributed by atoms with van der Waals surface area (Å²) < 4.78 is 18.4. The Balaban J connectivity index is 2.15. The number of aryl methyl sites for hydroxylation is 1. The van der Waals surface area contributed by atoms with Gasteiger partial charge in [0.2, 0.25) is 0 Å². The molecule has 0 unspecified atom stereocenters. The number of aromatic nitrogens is 1. The molecule has 0 saturated heterocycles. The standard InChI is InChI=1S/C15H11FN2O2/c1-2-10-3-6-14(18-9-10)15(19)20-12-5-4-11(8-17)13(16)7-12/h3-7,9H,2H2,1H3. The van der Waals surface area contributed by atoms with Crippen molar-refractivity contribution >= 4 is 5.97 Å². The van der Waals surface area contributed by atoms with Gasteiger partial charge in [0.05, 0.1) is 5.56 Å². The van der Waals surface area contributed by atoms with Gasteiger partial charge in [-0.05, 0) is 30.2 Å². The molecule has 0 aliphatic heterocycles. The number of benzene rings is 1. The predicted molar refractivity (Wildman–Crippen MR) is 69.7 cm³/mol. The number of nitriles is 1. The first-order valence-electron chi connectivity index (χ1n) is 6.00. The van der Waals surface area contributed by atoms with Gasteiger partial charge in [-0.2, -0.15) is 5.26 Å². The maximum Gasteiger partial charge on any atom is 0.362 e. The molecule has 0 aliphatic rings. The molecule has 0 atom stereocenters. The molecule has 0 saturated carbocycles. The molecule has 1 heterocycles. The summed E-state index contributed by atoms with van der Waals surface area (Å²) in [6, 6.07) is 8.64. The maximum atomic E-state index is 13.4. The molecule has 0 aliphatic carbocycles. The number of ether oxygens (including phenoxy) is 1. The SMILES string of the molecule is CCc1ccc(C(=O)Oc2ccc(C#N)c(F)c2)nc1. The number of hydrogen-bond acceptors (Lipinski definition) is 4. The highest BCUT2D eigenvalue weighted by atomic mass is 19.1. The van der Waals surface area contributed by atoms with Crippen molar-refractivity contribution in [2.75, 3.05) is 0 Å². The van der Waals surface area contributed by atoms with Crippen LogP contribution in [0.4, 0.5) is 4.39 Å². The number of rotatable bonds is 3. The molecule has 2 aromatic rings. The molecule has 0 radical (unpaired) electrons. The topological polar surface area (TPSA) is 63.0 Å². The van der Waals surface area contributed by atoms with Gasteiger partial charge < -0.3 is 4.74 Å². The monoisotopic (exact) mass is 270 g/mol. The highest BCUT2D eigenvalue weighted by Crippen LogP contribution is 2.17. The van der Waals surface area contributed by atoms with Crippen molar-refractivity contribution in [2.24, 2.45) is 0 Å². The first kappa shape index (κ1) is 13.7. The molecule has 4 nitrogen and oxygen atoms in total. The zero-order valence-electron chi connectivity index (χ0n) is 10.8. The normalized spacial score (nSPS) is 9.85. The van der Waals surface area contributed by atoms with E-state index in [1.807, 2.05) is 6.92 Å². The van der Waals surface area contributed by atoms with E-state index in [9.17, 15) is 9.18 Å². The van der Waals surface area contributed by atoms with Crippen LogP contribution in [0.25, 0.3) is 0 Å². The predicted octanol–water partition coefficient (Wildman–Crippen LogP) is 2.87. The van der Waals surface area contributed by atoms with Crippen molar-refractivity contribution in [3.05, 3.63) is 59.2 Å². The van der Waals surface area contributed by atoms with E-state index in [1.54, 1.807) is 24.4 Å². The molecule has 1 aromatic carbocycles. The van der Waals surface area contributed by atoms with E-state index in [0.29, 0.717) is 0 Å². The molecule has 0 spiro atoms. The second-order valence-electron chi connectivity index (χ2n) is 4.05. The maximum absolute atomic E-state index is 13.4. The summed E-state index contributed by atoms with van der Waals surface area (Å²) in [6.07, 6.45) is 2.42. The highest BCUT2D eigenvalue weighted by Gasteiger charge is 2.11. The Labute approximate surface area is 115 Å². The van der Waals surface area contributed by atoms with Crippen LogP contribution in [-0.2, 0) is 6.42 Å². The van der Waals surface area contributed by atoms with Gasteiger partial charge in [0, 0.05) is 12.3 Å². The first-order chi connectivity index (χ1) is 9.63. The van der Waals surface area contributed by atoms with Crippen molar-refractivity contribution < 1.29 is 13.9 Å². The van der Waals surface area contributed by atoms with Gasteiger partial charge in [0.15, 0.2) is 0 Å². The third kappa shape index (κ3) is 2.98. The van der Waals surface area contributed by atoms with E-state index in [-0.39, 0.29) is 17.0 Å². The van der Waals surface area contributed by atoms with Crippen molar-refractivity contribution in [1.82, 2.24) is 4.98 Å². The summed E-state index contributed by atoms with van der Waals surface area (Å²) in [7, 11) is 0. The van der Waals surface area contributed by atoms with Crippen LogP contribution in [0.1, 0.15) is 28.5 Å². The van der Waals surface area contributed by atoms with Gasteiger partial charge in [-0.3, -0.25) is 0 Å². The van der Waals surface area contributed by atoms with Crippen molar-refractivity contribution in [2.45, 2.75) is 13.3 Å². The molecule has 1 aromatic heterocycles. The molecule has 0 N–H and O–H groups in total. The molecule has 20 heavy (non-hydrogen) atoms. The third-order valence-electron chi connectivity index (χ3n) is 2.71. The molecular weight excluding hydrogens is 259 g/mol. The average Bonchev–Trinajstić information content (AvgIpc) is 2.47. The fraction of sp³-hybridized carbons (Fsp3) is 0.133. The van der Waals surface area contributed by atoms with Gasteiger partial charge in [0.1, 0.15) is 23.3 Å². The summed E-state index contributed by atoms with van der Waals surface area (Å²) in [5, 5.41) is 8.61. The van der Waals surface area contributed by atoms with Crippen LogP contribution in [0.3, 0.4) is 0 Å². The summed E-state index contributed by atoms with van der Waals surface area (Å²) in [6.45, 7) is 1.98. The minimum absolute atomic E-state index is 0.0351. The smallest absolute Gasteiger partial charge is 0.362 e. The molecule has 0 bridgehead atoms. The van der Waals surface area contributed by atoms with Crippen molar-refractivity contribution in [1.29, 1.82) is 5.26 Å². The van der Waals surface area contributed by atoms with Gasteiger partial charge in [0.25, 0.3) is 0 Å². The van der Waals surface area contributed by atoms with E-state index < -0.39 is 11.8 Å². The summed E-state index contributed by atoms with van der Waals surface area (Å²) in [4.78, 5) is 15.8. The van der Waals surface area contributed by atoms with E-state index in [2.05, 4.69) is 4.98 Å². The lowest BCUT2D eigenvalue weighted by atomic mass is 10.2. The van der Waals surface area contributed by atoms with Crippen LogP contribution in [0, 0.1) is 17.1 Å². The summed E-state index contributed by atoms with van der Waals surface area (Å²) >= 11 is 0. The average molecular weight is 270 g/mol. The molecule has 5 heteroatoms. The molecule has 100 valence electrons. The van der Waals surface area contributed by atoms with E-state index in [0.717, 1.165) is 18.1 Å². The van der Waals surface area contributed by atoms with Gasteiger partial charge in [-0.15, -0.1) is 0 Å². The number of carbonyl (C=O) groups excluding carboxylic acids is 1. The lowest BCUT2D eigenvalue weighted by Crippen LogP contribution is -2.10. The zero-order chi connectivity index (χ0) is 14.5. The lowest BCUT2D eigenvalue weighted by molar-refractivity contribution is 0.0728. The number of nitrogens with zero attached hydrogens (tertiary/aromatic N) is 2. The number of halogens is 1. The minimum Gasteiger partial charge on any atom is -0.422 e. The van der Waals surface area contributed by atoms with E-state index >= 15 is 0 Å². The second kappa shape index (κ2) is 5.93. The Morgan fingerprint density at radius 3 is 2.75 bits per heavy atom. The summed E-state index contributed by atoms with van der Waals surface area (Å²) in [5.74, 6) is -1.36. The quantitative estimate of drug-likeness (QED) is 0.635. The Hall–Kier alpha value is -2.74. The van der Waals surface area contributed by atoms with E-state index in [4.69, 9.17) is 10.00 Å². The van der Waals surface area contributed by atoms with Crippen LogP contribution in [0.15, 0.2) is 36.5 Å². The Morgan fingerprint density at radius 1 is 1.40 bits per heavy atom. The fourth-order valence-corrected chi connectivity index (χ4v) is 1.56. The number of esters is 1. The van der Waals surface area contributed by atoms with Crippen molar-refractivity contribution in [3.8, 4) is 11.8 Å². The van der Waals surface area contributed by atoms with Gasteiger partial charge in [-0.1, -0.05) is 13.0 Å². The lowest BCUT2D eigenvalue weighted by Gasteiger charge is -2.04. The van der Waals surface area contributed by atoms with Gasteiger partial charge >= 0.3 is 5.97 Å². The largest absolute Gasteiger partial charge is 0.422 e. The van der Waals surface area contributed by atoms with Crippen LogP contribution in [0.2, 0.25) is 0 Å². The third-order valence-corrected chi connectivity index (χ3v) is 2.71. The zero-order valence-corrected chi connectivity index (χ0v) is 10.8. The Kier molecular flexibility index (Phi) is 4.06. The fourth-order valence-electron chi connectivity index (χ4n) is 1.56. The number of pyridine rings is 1. The molecule has 2 rings (SSSR count). The molecule has 0 amide bonds. The van der Waals surface area contributed by atoms with E-state index in [1.165, 1.54) is 12.1 Å². The second-order valence-corrected chi connectivity index (χ2v) is 4.05. The van der Waals surface area contributed by atoms with Gasteiger partial charge in [-0.25, -0.2) is 14.2 Å².